The van der Waals surface area contributed by atoms with Crippen molar-refractivity contribution in [3.63, 3.8) is 0 Å². The lowest BCUT2D eigenvalue weighted by Gasteiger charge is -2.11. The van der Waals surface area contributed by atoms with Crippen LogP contribution in [0, 0.1) is 0 Å². The molecule has 0 saturated heterocycles. The molecule has 134 valence electrons. The zero-order chi connectivity index (χ0) is 18.3. The van der Waals surface area contributed by atoms with Crippen molar-refractivity contribution in [3.05, 3.63) is 60.2 Å². The number of rotatable bonds is 8. The van der Waals surface area contributed by atoms with Crippen LogP contribution < -0.4 is 10.1 Å². The van der Waals surface area contributed by atoms with Crippen molar-refractivity contribution in [2.24, 2.45) is 0 Å². The number of nitrogens with one attached hydrogen (secondary N) is 1. The smallest absolute Gasteiger partial charge is 0.225 e. The van der Waals surface area contributed by atoms with Gasteiger partial charge in [-0.2, -0.15) is 0 Å². The SMILES string of the molecule is CN(C)S(=O)(=O)CCC(=O)Nc1ccc(OCc2ccccc2)cc1. The third kappa shape index (κ3) is 6.21. The molecular formula is C18H22N2O4S. The number of ether oxygens (including phenoxy) is 1. The zero-order valence-corrected chi connectivity index (χ0v) is 15.1. The summed E-state index contributed by atoms with van der Waals surface area (Å²) in [6.07, 6.45) is -0.0905. The topological polar surface area (TPSA) is 75.7 Å². The van der Waals surface area contributed by atoms with Crippen LogP contribution in [0.25, 0.3) is 0 Å². The molecule has 0 radical (unpaired) electrons. The molecule has 1 N–H and O–H groups in total. The minimum atomic E-state index is -3.37. The van der Waals surface area contributed by atoms with Gasteiger partial charge >= 0.3 is 0 Å². The number of hydrogen-bond donors (Lipinski definition) is 1. The van der Waals surface area contributed by atoms with E-state index in [2.05, 4.69) is 5.32 Å². The van der Waals surface area contributed by atoms with E-state index in [9.17, 15) is 13.2 Å². The second kappa shape index (κ2) is 8.64. The molecule has 6 nitrogen and oxygen atoms in total. The first-order chi connectivity index (χ1) is 11.9. The molecule has 2 aromatic rings. The molecule has 0 atom stereocenters. The first kappa shape index (κ1) is 19.0. The Morgan fingerprint density at radius 3 is 2.28 bits per heavy atom. The third-order valence-corrected chi connectivity index (χ3v) is 5.36. The van der Waals surface area contributed by atoms with Gasteiger partial charge in [-0.15, -0.1) is 0 Å². The summed E-state index contributed by atoms with van der Waals surface area (Å²) in [5.41, 5.74) is 1.67. The maximum atomic E-state index is 11.9. The normalized spacial score (nSPS) is 11.3. The molecule has 0 spiro atoms. The van der Waals surface area contributed by atoms with Gasteiger partial charge < -0.3 is 10.1 Å². The first-order valence-electron chi connectivity index (χ1n) is 7.84. The number of anilines is 1. The Labute approximate surface area is 148 Å². The molecule has 0 bridgehead atoms. The summed E-state index contributed by atoms with van der Waals surface area (Å²) in [4.78, 5) is 11.9. The highest BCUT2D eigenvalue weighted by Gasteiger charge is 2.15. The minimum absolute atomic E-state index is 0.0905. The van der Waals surface area contributed by atoms with E-state index in [1.165, 1.54) is 14.1 Å². The van der Waals surface area contributed by atoms with E-state index in [-0.39, 0.29) is 18.1 Å². The van der Waals surface area contributed by atoms with Crippen molar-refractivity contribution in [2.45, 2.75) is 13.0 Å². The van der Waals surface area contributed by atoms with Gasteiger partial charge in [-0.05, 0) is 29.8 Å². The number of benzene rings is 2. The molecule has 0 fully saturated rings. The molecule has 0 aromatic heterocycles. The van der Waals surface area contributed by atoms with Gasteiger partial charge in [0.15, 0.2) is 0 Å². The summed E-state index contributed by atoms with van der Waals surface area (Å²) in [6.45, 7) is 0.467. The molecule has 25 heavy (non-hydrogen) atoms. The molecule has 0 unspecified atom stereocenters. The molecular weight excluding hydrogens is 340 g/mol. The Balaban J connectivity index is 1.82. The highest BCUT2D eigenvalue weighted by Crippen LogP contribution is 2.17. The monoisotopic (exact) mass is 362 g/mol. The number of nitrogens with zero attached hydrogens (tertiary/aromatic N) is 1. The van der Waals surface area contributed by atoms with Crippen molar-refractivity contribution in [2.75, 3.05) is 25.2 Å². The fraction of sp³-hybridized carbons (Fsp3) is 0.278. The quantitative estimate of drug-likeness (QED) is 0.783. The van der Waals surface area contributed by atoms with E-state index in [0.717, 1.165) is 9.87 Å². The minimum Gasteiger partial charge on any atom is -0.489 e. The van der Waals surface area contributed by atoms with E-state index < -0.39 is 10.0 Å². The van der Waals surface area contributed by atoms with Gasteiger partial charge in [0.1, 0.15) is 12.4 Å². The predicted octanol–water partition coefficient (Wildman–Crippen LogP) is 2.49. The van der Waals surface area contributed by atoms with Crippen LogP contribution in [-0.4, -0.2) is 38.5 Å². The van der Waals surface area contributed by atoms with E-state index in [1.807, 2.05) is 30.3 Å². The number of sulfonamides is 1. The highest BCUT2D eigenvalue weighted by molar-refractivity contribution is 7.89. The van der Waals surface area contributed by atoms with Gasteiger partial charge in [0.25, 0.3) is 0 Å². The van der Waals surface area contributed by atoms with Crippen molar-refractivity contribution in [3.8, 4) is 5.75 Å². The van der Waals surface area contributed by atoms with Crippen LogP contribution in [-0.2, 0) is 21.4 Å². The van der Waals surface area contributed by atoms with Crippen LogP contribution in [0.1, 0.15) is 12.0 Å². The van der Waals surface area contributed by atoms with Gasteiger partial charge in [-0.1, -0.05) is 30.3 Å². The molecule has 0 aliphatic rings. The van der Waals surface area contributed by atoms with Crippen LogP contribution in [0.4, 0.5) is 5.69 Å². The second-order valence-corrected chi connectivity index (χ2v) is 8.00. The largest absolute Gasteiger partial charge is 0.489 e. The second-order valence-electron chi connectivity index (χ2n) is 5.70. The number of carbonyl (C=O) groups excluding carboxylic acids is 1. The Morgan fingerprint density at radius 2 is 1.68 bits per heavy atom. The first-order valence-corrected chi connectivity index (χ1v) is 9.44. The Hall–Kier alpha value is -2.38. The molecule has 0 aliphatic heterocycles. The Kier molecular flexibility index (Phi) is 6.55. The molecule has 7 heteroatoms. The van der Waals surface area contributed by atoms with E-state index in [1.54, 1.807) is 24.3 Å². The fourth-order valence-corrected chi connectivity index (χ4v) is 2.81. The van der Waals surface area contributed by atoms with Crippen molar-refractivity contribution >= 4 is 21.6 Å². The zero-order valence-electron chi connectivity index (χ0n) is 14.3. The number of hydrogen-bond acceptors (Lipinski definition) is 4. The number of amides is 1. The summed E-state index contributed by atoms with van der Waals surface area (Å²) >= 11 is 0. The highest BCUT2D eigenvalue weighted by atomic mass is 32.2. The molecule has 2 rings (SSSR count). The summed E-state index contributed by atoms with van der Waals surface area (Å²) in [5, 5.41) is 2.68. The Bertz CT molecular complexity index is 788. The van der Waals surface area contributed by atoms with E-state index in [4.69, 9.17) is 4.74 Å². The van der Waals surface area contributed by atoms with E-state index >= 15 is 0 Å². The lowest BCUT2D eigenvalue weighted by Crippen LogP contribution is -2.27. The lowest BCUT2D eigenvalue weighted by atomic mass is 10.2. The van der Waals surface area contributed by atoms with Crippen LogP contribution in [0.15, 0.2) is 54.6 Å². The van der Waals surface area contributed by atoms with E-state index in [0.29, 0.717) is 18.0 Å². The molecule has 2 aromatic carbocycles. The average molecular weight is 362 g/mol. The standard InChI is InChI=1S/C18H22N2O4S/c1-20(2)25(22,23)13-12-18(21)19-16-8-10-17(11-9-16)24-14-15-6-4-3-5-7-15/h3-11H,12-14H2,1-2H3,(H,19,21). The number of carbonyl (C=O) groups is 1. The predicted molar refractivity (Wildman–Crippen MR) is 97.9 cm³/mol. The summed E-state index contributed by atoms with van der Waals surface area (Å²) in [5.74, 6) is 0.129. The third-order valence-electron chi connectivity index (χ3n) is 3.53. The van der Waals surface area contributed by atoms with Crippen molar-refractivity contribution < 1.29 is 17.9 Å². The van der Waals surface area contributed by atoms with Gasteiger partial charge in [-0.25, -0.2) is 12.7 Å². The van der Waals surface area contributed by atoms with Crippen LogP contribution in [0.3, 0.4) is 0 Å². The molecule has 0 aliphatic carbocycles. The van der Waals surface area contributed by atoms with Crippen molar-refractivity contribution in [1.29, 1.82) is 0 Å². The summed E-state index contributed by atoms with van der Waals surface area (Å²) < 4.78 is 30.1. The average Bonchev–Trinajstić information content (AvgIpc) is 2.60. The fourth-order valence-electron chi connectivity index (χ4n) is 2.00. The van der Waals surface area contributed by atoms with Crippen LogP contribution in [0.2, 0.25) is 0 Å². The summed E-state index contributed by atoms with van der Waals surface area (Å²) in [7, 11) is -0.482. The van der Waals surface area contributed by atoms with Gasteiger partial charge in [-0.3, -0.25) is 4.79 Å². The Morgan fingerprint density at radius 1 is 1.04 bits per heavy atom. The van der Waals surface area contributed by atoms with Crippen LogP contribution >= 0.6 is 0 Å². The summed E-state index contributed by atoms with van der Waals surface area (Å²) in [6, 6.07) is 16.8. The van der Waals surface area contributed by atoms with Crippen LogP contribution in [0.5, 0.6) is 5.75 Å². The van der Waals surface area contributed by atoms with Crippen molar-refractivity contribution in [1.82, 2.24) is 4.31 Å². The van der Waals surface area contributed by atoms with Gasteiger partial charge in [0.05, 0.1) is 5.75 Å². The molecule has 1 amide bonds. The lowest BCUT2D eigenvalue weighted by molar-refractivity contribution is -0.115. The van der Waals surface area contributed by atoms with Gasteiger partial charge in [0, 0.05) is 26.2 Å². The molecule has 0 saturated carbocycles. The maximum Gasteiger partial charge on any atom is 0.225 e. The maximum absolute atomic E-state index is 11.9. The molecule has 0 heterocycles. The van der Waals surface area contributed by atoms with Gasteiger partial charge in [0.2, 0.25) is 15.9 Å².